The average Bonchev–Trinajstić information content (AvgIpc) is 3.01. The number of amides is 1. The van der Waals surface area contributed by atoms with Crippen molar-refractivity contribution in [2.45, 2.75) is 13.2 Å². The van der Waals surface area contributed by atoms with Crippen LogP contribution in [0.4, 0.5) is 10.6 Å². The summed E-state index contributed by atoms with van der Waals surface area (Å²) in [6, 6.07) is 9.63. The smallest absolute Gasteiger partial charge is 0.415 e. The number of rotatable bonds is 2. The number of aromatic nitrogens is 2. The minimum Gasteiger partial charge on any atom is -0.444 e. The third-order valence-corrected chi connectivity index (χ3v) is 3.54. The van der Waals surface area contributed by atoms with Gasteiger partial charge in [-0.1, -0.05) is 30.3 Å². The van der Waals surface area contributed by atoms with E-state index in [-0.39, 0.29) is 12.7 Å². The van der Waals surface area contributed by atoms with Crippen LogP contribution in [0.3, 0.4) is 0 Å². The lowest BCUT2D eigenvalue weighted by Crippen LogP contribution is -2.29. The molecule has 0 saturated carbocycles. The largest absolute Gasteiger partial charge is 0.444 e. The maximum atomic E-state index is 12.1. The molecule has 1 aromatic carbocycles. The van der Waals surface area contributed by atoms with E-state index in [2.05, 4.69) is 21.0 Å². The van der Waals surface area contributed by atoms with E-state index in [9.17, 15) is 4.79 Å². The number of halogens is 1. The van der Waals surface area contributed by atoms with E-state index in [1.165, 1.54) is 0 Å². The molecule has 0 N–H and O–H groups in total. The Balaban J connectivity index is 1.68. The fraction of sp³-hybridized carbons (Fsp3) is 0.231. The Kier molecular flexibility index (Phi) is 3.25. The van der Waals surface area contributed by atoms with E-state index in [4.69, 9.17) is 4.74 Å². The van der Waals surface area contributed by atoms with Gasteiger partial charge in [-0.15, -0.1) is 0 Å². The van der Waals surface area contributed by atoms with Crippen molar-refractivity contribution in [2.24, 2.45) is 0 Å². The van der Waals surface area contributed by atoms with E-state index in [1.54, 1.807) is 15.8 Å². The minimum absolute atomic E-state index is 0.280. The SMILES string of the molecule is O=C(OCc1ccccc1)N1CCn2ncc(Br)c21. The van der Waals surface area contributed by atoms with Crippen molar-refractivity contribution in [3.05, 3.63) is 46.6 Å². The van der Waals surface area contributed by atoms with E-state index < -0.39 is 0 Å². The summed E-state index contributed by atoms with van der Waals surface area (Å²) in [5.74, 6) is 0.762. The van der Waals surface area contributed by atoms with Crippen LogP contribution in [0.15, 0.2) is 41.0 Å². The predicted molar refractivity (Wildman–Crippen MR) is 73.9 cm³/mol. The molecule has 0 bridgehead atoms. The first-order valence-corrected chi connectivity index (χ1v) is 6.74. The van der Waals surface area contributed by atoms with E-state index >= 15 is 0 Å². The molecule has 0 atom stereocenters. The maximum Gasteiger partial charge on any atom is 0.415 e. The third-order valence-electron chi connectivity index (χ3n) is 2.99. The number of fused-ring (bicyclic) bond motifs is 1. The van der Waals surface area contributed by atoms with Crippen molar-refractivity contribution < 1.29 is 9.53 Å². The Hall–Kier alpha value is -1.82. The molecule has 1 amide bonds. The van der Waals surface area contributed by atoms with Gasteiger partial charge in [0.15, 0.2) is 5.82 Å². The molecule has 0 spiro atoms. The number of ether oxygens (including phenoxy) is 1. The Morgan fingerprint density at radius 2 is 2.11 bits per heavy atom. The maximum absolute atomic E-state index is 12.1. The Morgan fingerprint density at radius 3 is 2.89 bits per heavy atom. The molecule has 0 aliphatic carbocycles. The second kappa shape index (κ2) is 5.05. The summed E-state index contributed by atoms with van der Waals surface area (Å²) in [6.45, 7) is 1.57. The summed E-state index contributed by atoms with van der Waals surface area (Å²) in [4.78, 5) is 13.7. The van der Waals surface area contributed by atoms with Gasteiger partial charge in [-0.25, -0.2) is 9.48 Å². The average molecular weight is 322 g/mol. The minimum atomic E-state index is -0.344. The summed E-state index contributed by atoms with van der Waals surface area (Å²) in [7, 11) is 0. The molecule has 0 radical (unpaired) electrons. The number of anilines is 1. The molecular formula is C13H12BrN3O2. The first-order chi connectivity index (χ1) is 9.25. The second-order valence-electron chi connectivity index (χ2n) is 4.23. The molecule has 2 aromatic rings. The quantitative estimate of drug-likeness (QED) is 0.854. The summed E-state index contributed by atoms with van der Waals surface area (Å²) >= 11 is 3.39. The molecule has 0 unspecified atom stereocenters. The zero-order chi connectivity index (χ0) is 13.2. The molecule has 5 nitrogen and oxygen atoms in total. The Bertz CT molecular complexity index is 597. The number of carbonyl (C=O) groups excluding carboxylic acids is 1. The van der Waals surface area contributed by atoms with E-state index in [1.807, 2.05) is 30.3 Å². The summed E-state index contributed by atoms with van der Waals surface area (Å²) in [5, 5.41) is 4.17. The second-order valence-corrected chi connectivity index (χ2v) is 5.09. The number of benzene rings is 1. The fourth-order valence-electron chi connectivity index (χ4n) is 2.06. The molecule has 19 heavy (non-hydrogen) atoms. The lowest BCUT2D eigenvalue weighted by Gasteiger charge is -2.15. The van der Waals surface area contributed by atoms with Crippen LogP contribution in [0, 0.1) is 0 Å². The highest BCUT2D eigenvalue weighted by molar-refractivity contribution is 9.10. The molecule has 3 rings (SSSR count). The van der Waals surface area contributed by atoms with Crippen LogP contribution in [0.1, 0.15) is 5.56 Å². The standard InChI is InChI=1S/C13H12BrN3O2/c14-11-8-15-17-7-6-16(12(11)17)13(18)19-9-10-4-2-1-3-5-10/h1-5,8H,6-7,9H2. The van der Waals surface area contributed by atoms with Gasteiger partial charge < -0.3 is 4.74 Å². The zero-order valence-corrected chi connectivity index (χ0v) is 11.7. The number of carbonyl (C=O) groups is 1. The summed E-state index contributed by atoms with van der Waals surface area (Å²) in [6.07, 6.45) is 1.34. The first kappa shape index (κ1) is 12.2. The fourth-order valence-corrected chi connectivity index (χ4v) is 2.57. The highest BCUT2D eigenvalue weighted by atomic mass is 79.9. The van der Waals surface area contributed by atoms with Crippen LogP contribution in [-0.2, 0) is 17.9 Å². The van der Waals surface area contributed by atoms with Gasteiger partial charge in [-0.05, 0) is 21.5 Å². The first-order valence-electron chi connectivity index (χ1n) is 5.95. The highest BCUT2D eigenvalue weighted by Gasteiger charge is 2.29. The third kappa shape index (κ3) is 2.35. The van der Waals surface area contributed by atoms with Gasteiger partial charge in [0, 0.05) is 0 Å². The molecular weight excluding hydrogens is 310 g/mol. The van der Waals surface area contributed by atoms with Gasteiger partial charge in [-0.2, -0.15) is 5.10 Å². The Labute approximate surface area is 118 Å². The van der Waals surface area contributed by atoms with Crippen molar-refractivity contribution in [3.8, 4) is 0 Å². The van der Waals surface area contributed by atoms with Gasteiger partial charge >= 0.3 is 6.09 Å². The molecule has 1 aromatic heterocycles. The van der Waals surface area contributed by atoms with Crippen LogP contribution in [0.5, 0.6) is 0 Å². The lowest BCUT2D eigenvalue weighted by molar-refractivity contribution is 0.147. The molecule has 1 aliphatic heterocycles. The monoisotopic (exact) mass is 321 g/mol. The van der Waals surface area contributed by atoms with Crippen molar-refractivity contribution in [2.75, 3.05) is 11.4 Å². The van der Waals surface area contributed by atoms with Crippen molar-refractivity contribution in [3.63, 3.8) is 0 Å². The van der Waals surface area contributed by atoms with Crippen LogP contribution in [-0.4, -0.2) is 22.4 Å². The van der Waals surface area contributed by atoms with Gasteiger partial charge in [0.25, 0.3) is 0 Å². The van der Waals surface area contributed by atoms with Gasteiger partial charge in [0.05, 0.1) is 23.8 Å². The molecule has 0 fully saturated rings. The van der Waals surface area contributed by atoms with E-state index in [0.717, 1.165) is 15.9 Å². The topological polar surface area (TPSA) is 47.4 Å². The van der Waals surface area contributed by atoms with Gasteiger partial charge in [-0.3, -0.25) is 4.90 Å². The zero-order valence-electron chi connectivity index (χ0n) is 10.1. The highest BCUT2D eigenvalue weighted by Crippen LogP contribution is 2.30. The molecule has 2 heterocycles. The molecule has 98 valence electrons. The van der Waals surface area contributed by atoms with Crippen molar-refractivity contribution in [1.29, 1.82) is 0 Å². The van der Waals surface area contributed by atoms with Crippen molar-refractivity contribution in [1.82, 2.24) is 9.78 Å². The number of hydrogen-bond acceptors (Lipinski definition) is 3. The molecule has 6 heteroatoms. The van der Waals surface area contributed by atoms with Gasteiger partial charge in [0.2, 0.25) is 0 Å². The summed E-state index contributed by atoms with van der Waals surface area (Å²) in [5.41, 5.74) is 0.975. The van der Waals surface area contributed by atoms with Crippen LogP contribution in [0.25, 0.3) is 0 Å². The normalized spacial score (nSPS) is 13.4. The van der Waals surface area contributed by atoms with Crippen LogP contribution < -0.4 is 4.90 Å². The Morgan fingerprint density at radius 1 is 1.32 bits per heavy atom. The van der Waals surface area contributed by atoms with Crippen LogP contribution in [0.2, 0.25) is 0 Å². The van der Waals surface area contributed by atoms with E-state index in [0.29, 0.717) is 13.1 Å². The van der Waals surface area contributed by atoms with Crippen LogP contribution >= 0.6 is 15.9 Å². The lowest BCUT2D eigenvalue weighted by atomic mass is 10.2. The summed E-state index contributed by atoms with van der Waals surface area (Å²) < 4.78 is 7.91. The molecule has 0 saturated heterocycles. The number of nitrogens with zero attached hydrogens (tertiary/aromatic N) is 3. The predicted octanol–water partition coefficient (Wildman–Crippen LogP) is 2.80. The molecule has 1 aliphatic rings. The number of hydrogen-bond donors (Lipinski definition) is 0. The van der Waals surface area contributed by atoms with Gasteiger partial charge in [0.1, 0.15) is 6.61 Å². The van der Waals surface area contributed by atoms with Crippen molar-refractivity contribution >= 4 is 27.8 Å².